The number of nitrogens with zero attached hydrogens (tertiary/aromatic N) is 3. The first-order valence-corrected chi connectivity index (χ1v) is 4.78. The molecule has 0 aliphatic rings. The number of hydrogen-bond acceptors (Lipinski definition) is 2. The van der Waals surface area contributed by atoms with Crippen LogP contribution in [0, 0.1) is 10.5 Å². The molecule has 0 saturated carbocycles. The standard InChI is InChI=1S/C8H9IN4/c1-5-6(4-12-13-11)2-7(10)3-8(5)9/h2-3H,4,10H2,1H3. The smallest absolute Gasteiger partial charge is 0.0514 e. The summed E-state index contributed by atoms with van der Waals surface area (Å²) in [7, 11) is 0. The minimum absolute atomic E-state index is 0.364. The summed E-state index contributed by atoms with van der Waals surface area (Å²) in [5, 5.41) is 3.51. The molecule has 0 radical (unpaired) electrons. The molecule has 0 aromatic heterocycles. The number of nitrogens with two attached hydrogens (primary N) is 1. The van der Waals surface area contributed by atoms with Crippen molar-refractivity contribution in [2.24, 2.45) is 5.11 Å². The lowest BCUT2D eigenvalue weighted by Gasteiger charge is -2.06. The zero-order valence-corrected chi connectivity index (χ0v) is 9.32. The zero-order valence-electron chi connectivity index (χ0n) is 7.16. The molecule has 4 nitrogen and oxygen atoms in total. The maximum atomic E-state index is 8.18. The highest BCUT2D eigenvalue weighted by molar-refractivity contribution is 14.1. The normalized spacial score (nSPS) is 9.38. The quantitative estimate of drug-likeness (QED) is 0.293. The average molecular weight is 288 g/mol. The third-order valence-corrected chi connectivity index (χ3v) is 2.90. The van der Waals surface area contributed by atoms with E-state index in [0.717, 1.165) is 14.7 Å². The number of azide groups is 1. The highest BCUT2D eigenvalue weighted by Gasteiger charge is 2.02. The molecule has 0 heterocycles. The van der Waals surface area contributed by atoms with Gasteiger partial charge in [0.15, 0.2) is 0 Å². The Bertz CT molecular complexity index is 369. The van der Waals surface area contributed by atoms with E-state index in [2.05, 4.69) is 32.6 Å². The van der Waals surface area contributed by atoms with Crippen LogP contribution < -0.4 is 5.73 Å². The molecule has 0 aliphatic carbocycles. The molecule has 1 aromatic carbocycles. The van der Waals surface area contributed by atoms with Crippen LogP contribution in [0.5, 0.6) is 0 Å². The number of hydrogen-bond donors (Lipinski definition) is 1. The molecule has 1 aromatic rings. The summed E-state index contributed by atoms with van der Waals surface area (Å²) in [4.78, 5) is 2.71. The molecule has 0 aliphatic heterocycles. The maximum Gasteiger partial charge on any atom is 0.0514 e. The van der Waals surface area contributed by atoms with E-state index in [-0.39, 0.29) is 0 Å². The summed E-state index contributed by atoms with van der Waals surface area (Å²) >= 11 is 2.21. The molecule has 68 valence electrons. The Morgan fingerprint density at radius 3 is 2.92 bits per heavy atom. The Kier molecular flexibility index (Phi) is 3.39. The second-order valence-corrected chi connectivity index (χ2v) is 3.84. The van der Waals surface area contributed by atoms with Crippen LogP contribution in [0.15, 0.2) is 17.2 Å². The Balaban J connectivity index is 3.12. The molecule has 0 spiro atoms. The topological polar surface area (TPSA) is 74.8 Å². The maximum absolute atomic E-state index is 8.18. The lowest BCUT2D eigenvalue weighted by Crippen LogP contribution is -1.94. The molecule has 0 saturated heterocycles. The van der Waals surface area contributed by atoms with Crippen LogP contribution in [-0.4, -0.2) is 0 Å². The van der Waals surface area contributed by atoms with E-state index in [9.17, 15) is 0 Å². The summed E-state index contributed by atoms with van der Waals surface area (Å²) in [6.07, 6.45) is 0. The molecule has 0 bridgehead atoms. The van der Waals surface area contributed by atoms with E-state index < -0.39 is 0 Å². The van der Waals surface area contributed by atoms with Gasteiger partial charge in [-0.2, -0.15) is 0 Å². The van der Waals surface area contributed by atoms with Crippen molar-refractivity contribution in [1.29, 1.82) is 0 Å². The SMILES string of the molecule is Cc1c(I)cc(N)cc1CN=[N+]=[N-]. The molecule has 0 fully saturated rings. The van der Waals surface area contributed by atoms with Gasteiger partial charge in [-0.15, -0.1) is 0 Å². The summed E-state index contributed by atoms with van der Waals surface area (Å²) in [5.41, 5.74) is 16.7. The van der Waals surface area contributed by atoms with Crippen LogP contribution in [0.2, 0.25) is 0 Å². The van der Waals surface area contributed by atoms with Crippen molar-refractivity contribution in [3.63, 3.8) is 0 Å². The van der Waals surface area contributed by atoms with Crippen LogP contribution in [0.25, 0.3) is 10.4 Å². The number of halogens is 1. The van der Waals surface area contributed by atoms with Crippen molar-refractivity contribution in [1.82, 2.24) is 0 Å². The Morgan fingerprint density at radius 2 is 2.31 bits per heavy atom. The van der Waals surface area contributed by atoms with E-state index in [0.29, 0.717) is 12.2 Å². The summed E-state index contributed by atoms with van der Waals surface area (Å²) in [6.45, 7) is 2.35. The van der Waals surface area contributed by atoms with Gasteiger partial charge in [0.25, 0.3) is 0 Å². The van der Waals surface area contributed by atoms with Crippen LogP contribution >= 0.6 is 22.6 Å². The molecule has 1 rings (SSSR count). The van der Waals surface area contributed by atoms with Gasteiger partial charge in [0, 0.05) is 14.2 Å². The van der Waals surface area contributed by atoms with Gasteiger partial charge < -0.3 is 5.73 Å². The van der Waals surface area contributed by atoms with Gasteiger partial charge in [-0.1, -0.05) is 5.11 Å². The van der Waals surface area contributed by atoms with Crippen LogP contribution in [-0.2, 0) is 6.54 Å². The minimum Gasteiger partial charge on any atom is -0.399 e. The molecule has 0 amide bonds. The second kappa shape index (κ2) is 4.34. The van der Waals surface area contributed by atoms with Gasteiger partial charge in [-0.05, 0) is 58.3 Å². The summed E-state index contributed by atoms with van der Waals surface area (Å²) < 4.78 is 1.10. The zero-order chi connectivity index (χ0) is 9.84. The first kappa shape index (κ1) is 10.1. The van der Waals surface area contributed by atoms with Gasteiger partial charge in [0.2, 0.25) is 0 Å². The third kappa shape index (κ3) is 2.50. The first-order chi connectivity index (χ1) is 6.15. The van der Waals surface area contributed by atoms with Crippen LogP contribution in [0.4, 0.5) is 5.69 Å². The van der Waals surface area contributed by atoms with E-state index >= 15 is 0 Å². The predicted molar refractivity (Wildman–Crippen MR) is 61.2 cm³/mol. The molecule has 13 heavy (non-hydrogen) atoms. The van der Waals surface area contributed by atoms with Gasteiger partial charge >= 0.3 is 0 Å². The average Bonchev–Trinajstić information content (AvgIpc) is 2.09. The number of rotatable bonds is 2. The van der Waals surface area contributed by atoms with Crippen molar-refractivity contribution in [3.8, 4) is 0 Å². The van der Waals surface area contributed by atoms with Crippen molar-refractivity contribution in [3.05, 3.63) is 37.3 Å². The molecule has 5 heteroatoms. The van der Waals surface area contributed by atoms with E-state index in [1.165, 1.54) is 0 Å². The van der Waals surface area contributed by atoms with Crippen LogP contribution in [0.3, 0.4) is 0 Å². The Morgan fingerprint density at radius 1 is 1.62 bits per heavy atom. The molecule has 2 N–H and O–H groups in total. The van der Waals surface area contributed by atoms with Crippen molar-refractivity contribution < 1.29 is 0 Å². The van der Waals surface area contributed by atoms with E-state index in [1.807, 2.05) is 19.1 Å². The van der Waals surface area contributed by atoms with Crippen molar-refractivity contribution in [2.75, 3.05) is 5.73 Å². The number of benzene rings is 1. The fourth-order valence-electron chi connectivity index (χ4n) is 1.03. The number of anilines is 1. The van der Waals surface area contributed by atoms with Gasteiger partial charge in [0.1, 0.15) is 0 Å². The molecular weight excluding hydrogens is 279 g/mol. The fraction of sp³-hybridized carbons (Fsp3) is 0.250. The summed E-state index contributed by atoms with van der Waals surface area (Å²) in [6, 6.07) is 3.74. The van der Waals surface area contributed by atoms with Gasteiger partial charge in [-0.3, -0.25) is 0 Å². The molecule has 0 unspecified atom stereocenters. The minimum atomic E-state index is 0.364. The predicted octanol–water partition coefficient (Wildman–Crippen LogP) is 2.99. The van der Waals surface area contributed by atoms with Crippen LogP contribution in [0.1, 0.15) is 11.1 Å². The number of nitrogen functional groups attached to an aromatic ring is 1. The highest BCUT2D eigenvalue weighted by Crippen LogP contribution is 2.20. The van der Waals surface area contributed by atoms with E-state index in [1.54, 1.807) is 0 Å². The van der Waals surface area contributed by atoms with Crippen molar-refractivity contribution >= 4 is 28.3 Å². The summed E-state index contributed by atoms with van der Waals surface area (Å²) in [5.74, 6) is 0. The van der Waals surface area contributed by atoms with Gasteiger partial charge in [0.05, 0.1) is 6.54 Å². The Hall–Kier alpha value is -0.940. The fourth-order valence-corrected chi connectivity index (χ4v) is 1.74. The Labute approximate surface area is 89.9 Å². The first-order valence-electron chi connectivity index (χ1n) is 3.70. The lowest BCUT2D eigenvalue weighted by atomic mass is 10.1. The monoisotopic (exact) mass is 288 g/mol. The van der Waals surface area contributed by atoms with Crippen molar-refractivity contribution in [2.45, 2.75) is 13.5 Å². The molecular formula is C8H9IN4. The third-order valence-electron chi connectivity index (χ3n) is 1.78. The second-order valence-electron chi connectivity index (χ2n) is 2.68. The largest absolute Gasteiger partial charge is 0.399 e. The van der Waals surface area contributed by atoms with E-state index in [4.69, 9.17) is 11.3 Å². The highest BCUT2D eigenvalue weighted by atomic mass is 127. The lowest BCUT2D eigenvalue weighted by molar-refractivity contribution is 1.03. The molecule has 0 atom stereocenters. The van der Waals surface area contributed by atoms with Gasteiger partial charge in [-0.25, -0.2) is 0 Å².